The van der Waals surface area contributed by atoms with Crippen LogP contribution in [-0.2, 0) is 4.79 Å². The van der Waals surface area contributed by atoms with Crippen LogP contribution in [0.2, 0.25) is 0 Å². The lowest BCUT2D eigenvalue weighted by molar-refractivity contribution is -0.118. The molecule has 0 aliphatic rings. The summed E-state index contributed by atoms with van der Waals surface area (Å²) in [5.41, 5.74) is 6.35. The van der Waals surface area contributed by atoms with Gasteiger partial charge in [0.05, 0.1) is 0 Å². The molecule has 1 aromatic heterocycles. The first-order chi connectivity index (χ1) is 14.4. The van der Waals surface area contributed by atoms with Crippen LogP contribution in [0.25, 0.3) is 22.6 Å². The minimum Gasteiger partial charge on any atom is -0.484 e. The molecular formula is C24H21BrN2O3. The molecule has 5 nitrogen and oxygen atoms in total. The zero-order valence-electron chi connectivity index (χ0n) is 17.0. The average Bonchev–Trinajstić information content (AvgIpc) is 3.12. The number of nitrogens with one attached hydrogen (secondary N) is 1. The minimum atomic E-state index is -0.234. The van der Waals surface area contributed by atoms with E-state index in [-0.39, 0.29) is 12.5 Å². The van der Waals surface area contributed by atoms with E-state index in [1.165, 1.54) is 5.56 Å². The van der Waals surface area contributed by atoms with Crippen molar-refractivity contribution in [2.45, 2.75) is 20.8 Å². The summed E-state index contributed by atoms with van der Waals surface area (Å²) in [6, 6.07) is 17.1. The number of aromatic nitrogens is 1. The van der Waals surface area contributed by atoms with Crippen LogP contribution >= 0.6 is 15.9 Å². The Morgan fingerprint density at radius 3 is 2.50 bits per heavy atom. The first kappa shape index (κ1) is 20.2. The highest BCUT2D eigenvalue weighted by molar-refractivity contribution is 9.10. The van der Waals surface area contributed by atoms with E-state index >= 15 is 0 Å². The van der Waals surface area contributed by atoms with Gasteiger partial charge in [0.2, 0.25) is 5.89 Å². The van der Waals surface area contributed by atoms with Crippen molar-refractivity contribution in [3.05, 3.63) is 75.8 Å². The van der Waals surface area contributed by atoms with Gasteiger partial charge in [0.25, 0.3) is 5.91 Å². The molecule has 0 saturated carbocycles. The molecule has 4 aromatic rings. The molecule has 3 aromatic carbocycles. The quantitative estimate of drug-likeness (QED) is 0.381. The molecule has 4 rings (SSSR count). The van der Waals surface area contributed by atoms with Gasteiger partial charge in [-0.05, 0) is 86.0 Å². The number of anilines is 1. The Morgan fingerprint density at radius 1 is 1.00 bits per heavy atom. The summed E-state index contributed by atoms with van der Waals surface area (Å²) in [6.07, 6.45) is 0. The number of aryl methyl sites for hydroxylation is 3. The molecule has 30 heavy (non-hydrogen) atoms. The highest BCUT2D eigenvalue weighted by Gasteiger charge is 2.13. The van der Waals surface area contributed by atoms with E-state index in [1.54, 1.807) is 12.1 Å². The van der Waals surface area contributed by atoms with Crippen molar-refractivity contribution in [3.63, 3.8) is 0 Å². The third-order valence-corrected chi connectivity index (χ3v) is 5.47. The first-order valence-electron chi connectivity index (χ1n) is 9.56. The van der Waals surface area contributed by atoms with E-state index in [0.29, 0.717) is 17.3 Å². The highest BCUT2D eigenvalue weighted by Crippen LogP contribution is 2.29. The Balaban J connectivity index is 1.51. The number of hydrogen-bond acceptors (Lipinski definition) is 4. The van der Waals surface area contributed by atoms with Gasteiger partial charge in [-0.1, -0.05) is 22.0 Å². The standard InChI is InChI=1S/C24H21BrN2O3/c1-14-4-5-17(24-27-21-10-15(2)16(3)11-22(21)30-24)12-20(14)26-23(28)13-29-19-8-6-18(25)7-9-19/h4-12H,13H2,1-3H3,(H,26,28). The van der Waals surface area contributed by atoms with E-state index in [2.05, 4.69) is 33.2 Å². The third-order valence-electron chi connectivity index (χ3n) is 4.95. The molecule has 0 aliphatic heterocycles. The van der Waals surface area contributed by atoms with Crippen LogP contribution in [0.4, 0.5) is 5.69 Å². The van der Waals surface area contributed by atoms with Gasteiger partial charge in [0.1, 0.15) is 11.3 Å². The van der Waals surface area contributed by atoms with Crippen molar-refractivity contribution in [3.8, 4) is 17.2 Å². The SMILES string of the molecule is Cc1cc2nc(-c3ccc(C)c(NC(=O)COc4ccc(Br)cc4)c3)oc2cc1C. The number of rotatable bonds is 5. The van der Waals surface area contributed by atoms with Gasteiger partial charge in [0, 0.05) is 15.7 Å². The van der Waals surface area contributed by atoms with E-state index in [9.17, 15) is 4.79 Å². The van der Waals surface area contributed by atoms with Crippen LogP contribution in [0.5, 0.6) is 5.75 Å². The number of carbonyl (C=O) groups is 1. The Hall–Kier alpha value is -3.12. The molecule has 1 heterocycles. The summed E-state index contributed by atoms with van der Waals surface area (Å²) in [5.74, 6) is 0.925. The molecule has 1 N–H and O–H groups in total. The molecule has 0 atom stereocenters. The van der Waals surface area contributed by atoms with E-state index in [0.717, 1.165) is 32.3 Å². The van der Waals surface area contributed by atoms with Gasteiger partial charge >= 0.3 is 0 Å². The number of ether oxygens (including phenoxy) is 1. The van der Waals surface area contributed by atoms with Crippen molar-refractivity contribution >= 4 is 38.6 Å². The molecule has 0 radical (unpaired) electrons. The van der Waals surface area contributed by atoms with Crippen molar-refractivity contribution in [2.24, 2.45) is 0 Å². The number of benzene rings is 3. The lowest BCUT2D eigenvalue weighted by Crippen LogP contribution is -2.20. The molecular weight excluding hydrogens is 444 g/mol. The van der Waals surface area contributed by atoms with Gasteiger partial charge in [-0.15, -0.1) is 0 Å². The first-order valence-corrected chi connectivity index (χ1v) is 10.4. The molecule has 0 bridgehead atoms. The number of oxazole rings is 1. The summed E-state index contributed by atoms with van der Waals surface area (Å²) in [4.78, 5) is 17.0. The van der Waals surface area contributed by atoms with Crippen LogP contribution in [0.3, 0.4) is 0 Å². The van der Waals surface area contributed by atoms with Gasteiger partial charge in [0.15, 0.2) is 12.2 Å². The summed E-state index contributed by atoms with van der Waals surface area (Å²) >= 11 is 3.37. The Bertz CT molecular complexity index is 1190. The fraction of sp³-hybridized carbons (Fsp3) is 0.167. The van der Waals surface area contributed by atoms with Crippen LogP contribution in [0.15, 0.2) is 63.5 Å². The normalized spacial score (nSPS) is 10.9. The second-order valence-corrected chi connectivity index (χ2v) is 8.16. The van der Waals surface area contributed by atoms with E-state index in [4.69, 9.17) is 9.15 Å². The predicted octanol–water partition coefficient (Wildman–Crippen LogP) is 6.20. The zero-order chi connectivity index (χ0) is 21.3. The lowest BCUT2D eigenvalue weighted by Gasteiger charge is -2.10. The van der Waals surface area contributed by atoms with E-state index in [1.807, 2.05) is 56.3 Å². The van der Waals surface area contributed by atoms with Gasteiger partial charge < -0.3 is 14.5 Å². The van der Waals surface area contributed by atoms with E-state index < -0.39 is 0 Å². The maximum absolute atomic E-state index is 12.4. The summed E-state index contributed by atoms with van der Waals surface area (Å²) < 4.78 is 12.5. The maximum Gasteiger partial charge on any atom is 0.262 e. The van der Waals surface area contributed by atoms with Crippen LogP contribution < -0.4 is 10.1 Å². The maximum atomic E-state index is 12.4. The number of carbonyl (C=O) groups excluding carboxylic acids is 1. The molecule has 6 heteroatoms. The Kier molecular flexibility index (Phi) is 5.59. The predicted molar refractivity (Wildman–Crippen MR) is 122 cm³/mol. The molecule has 0 spiro atoms. The zero-order valence-corrected chi connectivity index (χ0v) is 18.5. The van der Waals surface area contributed by atoms with Crippen LogP contribution in [-0.4, -0.2) is 17.5 Å². The molecule has 0 saturated heterocycles. The molecule has 0 aliphatic carbocycles. The van der Waals surface area contributed by atoms with Crippen LogP contribution in [0, 0.1) is 20.8 Å². The lowest BCUT2D eigenvalue weighted by atomic mass is 10.1. The van der Waals surface area contributed by atoms with Crippen LogP contribution in [0.1, 0.15) is 16.7 Å². The van der Waals surface area contributed by atoms with Crippen molar-refractivity contribution in [1.82, 2.24) is 4.98 Å². The average molecular weight is 465 g/mol. The van der Waals surface area contributed by atoms with Crippen molar-refractivity contribution in [1.29, 1.82) is 0 Å². The van der Waals surface area contributed by atoms with Crippen molar-refractivity contribution < 1.29 is 13.9 Å². The molecule has 152 valence electrons. The number of nitrogens with zero attached hydrogens (tertiary/aromatic N) is 1. The molecule has 0 unspecified atom stereocenters. The number of hydrogen-bond donors (Lipinski definition) is 1. The molecule has 1 amide bonds. The van der Waals surface area contributed by atoms with Gasteiger partial charge in [-0.25, -0.2) is 4.98 Å². The topological polar surface area (TPSA) is 64.4 Å². The highest BCUT2D eigenvalue weighted by atomic mass is 79.9. The summed E-state index contributed by atoms with van der Waals surface area (Å²) in [7, 11) is 0. The summed E-state index contributed by atoms with van der Waals surface area (Å²) in [6.45, 7) is 5.96. The largest absolute Gasteiger partial charge is 0.484 e. The van der Waals surface area contributed by atoms with Gasteiger partial charge in [-0.3, -0.25) is 4.79 Å². The number of amides is 1. The molecule has 0 fully saturated rings. The third kappa shape index (κ3) is 4.39. The van der Waals surface area contributed by atoms with Crippen molar-refractivity contribution in [2.75, 3.05) is 11.9 Å². The second-order valence-electron chi connectivity index (χ2n) is 7.24. The Morgan fingerprint density at radius 2 is 1.73 bits per heavy atom. The fourth-order valence-electron chi connectivity index (χ4n) is 3.06. The number of halogens is 1. The summed E-state index contributed by atoms with van der Waals surface area (Å²) in [5, 5.41) is 2.91. The fourth-order valence-corrected chi connectivity index (χ4v) is 3.32. The smallest absolute Gasteiger partial charge is 0.262 e. The minimum absolute atomic E-state index is 0.0766. The monoisotopic (exact) mass is 464 g/mol. The van der Waals surface area contributed by atoms with Gasteiger partial charge in [-0.2, -0.15) is 0 Å². The Labute approximate surface area is 183 Å². The number of fused-ring (bicyclic) bond motifs is 1. The second kappa shape index (κ2) is 8.32.